The van der Waals surface area contributed by atoms with Gasteiger partial charge in [0.15, 0.2) is 0 Å². The van der Waals surface area contributed by atoms with Gasteiger partial charge in [0.05, 0.1) is 16.7 Å². The van der Waals surface area contributed by atoms with E-state index < -0.39 is 5.57 Å². The first-order chi connectivity index (χ1) is 16.2. The van der Waals surface area contributed by atoms with Crippen LogP contribution in [0.25, 0.3) is 22.3 Å². The van der Waals surface area contributed by atoms with Crippen LogP contribution in [0, 0.1) is 0 Å². The number of carbonyl (C=O) groups excluding carboxylic acids is 1. The van der Waals surface area contributed by atoms with Gasteiger partial charge in [0.1, 0.15) is 11.6 Å². The van der Waals surface area contributed by atoms with Gasteiger partial charge in [0, 0.05) is 46.6 Å². The summed E-state index contributed by atoms with van der Waals surface area (Å²) in [7, 11) is 0. The van der Waals surface area contributed by atoms with E-state index in [9.17, 15) is 13.6 Å². The number of aromatic nitrogens is 4. The predicted molar refractivity (Wildman–Crippen MR) is 125 cm³/mol. The van der Waals surface area contributed by atoms with Crippen LogP contribution in [0.1, 0.15) is 54.8 Å². The molecule has 0 bridgehead atoms. The summed E-state index contributed by atoms with van der Waals surface area (Å²) in [5.74, 6) is 0.856. The van der Waals surface area contributed by atoms with Gasteiger partial charge in [0.25, 0.3) is 5.91 Å². The van der Waals surface area contributed by atoms with Crippen molar-refractivity contribution in [1.29, 1.82) is 0 Å². The highest BCUT2D eigenvalue weighted by atomic mass is 35.5. The van der Waals surface area contributed by atoms with Crippen LogP contribution in [0.4, 0.5) is 14.5 Å². The molecule has 5 rings (SSSR count). The van der Waals surface area contributed by atoms with E-state index in [-0.39, 0.29) is 11.7 Å². The van der Waals surface area contributed by atoms with Crippen LogP contribution in [-0.2, 0) is 0 Å². The van der Waals surface area contributed by atoms with E-state index in [1.807, 2.05) is 12.1 Å². The molecule has 1 aliphatic heterocycles. The molecule has 176 valence electrons. The summed E-state index contributed by atoms with van der Waals surface area (Å²) in [6.07, 6.45) is 3.79. The lowest BCUT2D eigenvalue weighted by molar-refractivity contribution is -0.0964. The summed E-state index contributed by atoms with van der Waals surface area (Å²) >= 11 is 4.79. The summed E-state index contributed by atoms with van der Waals surface area (Å²) in [5, 5.41) is 9.87. The molecule has 0 radical (unpaired) electrons. The lowest BCUT2D eigenvalue weighted by atomic mass is 9.96. The van der Waals surface area contributed by atoms with E-state index in [4.69, 9.17) is 16.6 Å². The van der Waals surface area contributed by atoms with E-state index >= 15 is 0 Å². The van der Waals surface area contributed by atoms with Crippen molar-refractivity contribution in [3.05, 3.63) is 60.0 Å². The maximum absolute atomic E-state index is 13.1. The van der Waals surface area contributed by atoms with E-state index in [0.717, 1.165) is 41.0 Å². The number of imidazole rings is 1. The first kappa shape index (κ1) is 22.3. The Kier molecular flexibility index (Phi) is 5.51. The second kappa shape index (κ2) is 8.39. The monoisotopic (exact) mass is 485 g/mol. The number of benzene rings is 2. The largest absolute Gasteiger partial charge is 0.487 e. The molecule has 0 fully saturated rings. The number of aromatic amines is 1. The van der Waals surface area contributed by atoms with Crippen LogP contribution in [0.2, 0.25) is 0 Å². The molecule has 0 unspecified atom stereocenters. The maximum Gasteiger partial charge on any atom is 0.487 e. The van der Waals surface area contributed by atoms with Gasteiger partial charge >= 0.3 is 5.57 Å². The second-order valence-corrected chi connectivity index (χ2v) is 9.00. The summed E-state index contributed by atoms with van der Waals surface area (Å²) in [4.78, 5) is 18.0. The molecule has 0 spiro atoms. The summed E-state index contributed by atoms with van der Waals surface area (Å²) in [5.41, 5.74) is 0.371. The number of anilines is 1. The van der Waals surface area contributed by atoms with Gasteiger partial charge in [-0.15, -0.1) is 8.78 Å². The highest BCUT2D eigenvalue weighted by molar-refractivity contribution is 6.20. The second-order valence-electron chi connectivity index (χ2n) is 8.56. The topological polar surface area (TPSA) is 84.8 Å². The molecule has 4 aromatic rings. The number of halogens is 3. The minimum atomic E-state index is -3.80. The molecule has 10 heteroatoms. The predicted octanol–water partition coefficient (Wildman–Crippen LogP) is 6.30. The summed E-state index contributed by atoms with van der Waals surface area (Å²) in [6, 6.07) is 11.3. The van der Waals surface area contributed by atoms with Crippen molar-refractivity contribution in [1.82, 2.24) is 19.7 Å². The molecule has 3 heterocycles. The smallest absolute Gasteiger partial charge is 0.420 e. The molecule has 0 saturated carbocycles. The number of H-pyrrole nitrogens is 1. The molecule has 34 heavy (non-hydrogen) atoms. The van der Waals surface area contributed by atoms with Crippen LogP contribution in [-0.4, -0.2) is 31.2 Å². The van der Waals surface area contributed by atoms with Crippen molar-refractivity contribution < 1.29 is 18.3 Å². The fourth-order valence-electron chi connectivity index (χ4n) is 4.48. The molecule has 1 aliphatic rings. The SMILES string of the molecule is C[C@@H]1CC[C@@H](C)n2c1nc1cc(C(=O)Nc3ccc(OC(F)(F)Cl)cc3)cc(-c3ccn[nH]3)c12. The normalized spacial score (nSPS) is 18.0. The first-order valence-corrected chi connectivity index (χ1v) is 11.3. The Morgan fingerprint density at radius 2 is 1.97 bits per heavy atom. The van der Waals surface area contributed by atoms with Crippen LogP contribution in [0.5, 0.6) is 5.75 Å². The van der Waals surface area contributed by atoms with Crippen LogP contribution in [0.3, 0.4) is 0 Å². The zero-order valence-electron chi connectivity index (χ0n) is 18.5. The average Bonchev–Trinajstić information content (AvgIpc) is 3.45. The minimum absolute atomic E-state index is 0.118. The molecule has 7 nitrogen and oxygen atoms in total. The zero-order chi connectivity index (χ0) is 24.0. The molecular weight excluding hydrogens is 464 g/mol. The highest BCUT2D eigenvalue weighted by Crippen LogP contribution is 2.40. The number of ether oxygens (including phenoxy) is 1. The van der Waals surface area contributed by atoms with E-state index in [1.165, 1.54) is 24.3 Å². The van der Waals surface area contributed by atoms with Crippen LogP contribution >= 0.6 is 11.6 Å². The van der Waals surface area contributed by atoms with Crippen molar-refractivity contribution in [2.75, 3.05) is 5.32 Å². The van der Waals surface area contributed by atoms with Gasteiger partial charge in [0.2, 0.25) is 0 Å². The van der Waals surface area contributed by atoms with E-state index in [1.54, 1.807) is 12.3 Å². The zero-order valence-corrected chi connectivity index (χ0v) is 19.2. The lowest BCUT2D eigenvalue weighted by Gasteiger charge is -2.27. The first-order valence-electron chi connectivity index (χ1n) is 10.9. The van der Waals surface area contributed by atoms with Gasteiger partial charge in [-0.1, -0.05) is 6.92 Å². The van der Waals surface area contributed by atoms with Crippen molar-refractivity contribution >= 4 is 34.2 Å². The lowest BCUT2D eigenvalue weighted by Crippen LogP contribution is -2.18. The Labute approximate surface area is 199 Å². The number of fused-ring (bicyclic) bond motifs is 3. The van der Waals surface area contributed by atoms with E-state index in [2.05, 4.69) is 38.7 Å². The number of alkyl halides is 3. The van der Waals surface area contributed by atoms with Crippen molar-refractivity contribution in [3.8, 4) is 17.0 Å². The fourth-order valence-corrected chi connectivity index (χ4v) is 4.57. The van der Waals surface area contributed by atoms with Gasteiger partial charge < -0.3 is 14.6 Å². The molecule has 2 aromatic carbocycles. The number of nitrogens with one attached hydrogen (secondary N) is 2. The standard InChI is InChI=1S/C24H22ClF2N5O2/c1-13-3-4-14(2)32-21-18(19-9-10-28-31-19)11-15(12-20(21)30-22(13)32)23(33)29-16-5-7-17(8-6-16)34-24(25,26)27/h5-14H,3-4H2,1-2H3,(H,28,31)(H,29,33)/t13-,14-/m1/s1. The van der Waals surface area contributed by atoms with Crippen molar-refractivity contribution in [3.63, 3.8) is 0 Å². The number of nitrogens with zero attached hydrogens (tertiary/aromatic N) is 3. The molecule has 2 N–H and O–H groups in total. The number of hydrogen-bond donors (Lipinski definition) is 2. The minimum Gasteiger partial charge on any atom is -0.420 e. The van der Waals surface area contributed by atoms with Gasteiger partial charge in [-0.3, -0.25) is 9.89 Å². The number of hydrogen-bond acceptors (Lipinski definition) is 4. The third-order valence-electron chi connectivity index (χ3n) is 6.11. The molecule has 1 amide bonds. The molecule has 0 aliphatic carbocycles. The molecule has 2 aromatic heterocycles. The Balaban J connectivity index is 1.52. The average molecular weight is 486 g/mol. The van der Waals surface area contributed by atoms with Crippen molar-refractivity contribution in [2.45, 2.75) is 44.2 Å². The van der Waals surface area contributed by atoms with E-state index in [0.29, 0.717) is 23.2 Å². The van der Waals surface area contributed by atoms with Crippen LogP contribution < -0.4 is 10.1 Å². The van der Waals surface area contributed by atoms with Gasteiger partial charge in [-0.25, -0.2) is 4.98 Å². The quantitative estimate of drug-likeness (QED) is 0.325. The number of rotatable bonds is 5. The van der Waals surface area contributed by atoms with Crippen molar-refractivity contribution in [2.24, 2.45) is 0 Å². The maximum atomic E-state index is 13.1. The third kappa shape index (κ3) is 4.23. The highest BCUT2D eigenvalue weighted by Gasteiger charge is 2.29. The number of carbonyl (C=O) groups is 1. The third-order valence-corrected chi connectivity index (χ3v) is 6.19. The van der Waals surface area contributed by atoms with Crippen LogP contribution in [0.15, 0.2) is 48.7 Å². The van der Waals surface area contributed by atoms with Gasteiger partial charge in [-0.2, -0.15) is 5.10 Å². The summed E-state index contributed by atoms with van der Waals surface area (Å²) in [6.45, 7) is 4.35. The Morgan fingerprint density at radius 3 is 2.65 bits per heavy atom. The molecule has 2 atom stereocenters. The molecular formula is C24H22ClF2N5O2. The Morgan fingerprint density at radius 1 is 1.21 bits per heavy atom. The Hall–Kier alpha value is -3.46. The molecule has 0 saturated heterocycles. The Bertz CT molecular complexity index is 1350. The number of amides is 1. The summed E-state index contributed by atoms with van der Waals surface area (Å²) < 4.78 is 32.2. The fraction of sp³-hybridized carbons (Fsp3) is 0.292. The van der Waals surface area contributed by atoms with Gasteiger partial charge in [-0.05, 0) is 62.2 Å².